The quantitative estimate of drug-likeness (QED) is 0.654. The van der Waals surface area contributed by atoms with Gasteiger partial charge >= 0.3 is 0 Å². The molecule has 0 bridgehead atoms. The van der Waals surface area contributed by atoms with Crippen molar-refractivity contribution in [2.24, 2.45) is 0 Å². The molecule has 0 radical (unpaired) electrons. The van der Waals surface area contributed by atoms with E-state index in [1.807, 2.05) is 0 Å². The number of nitrogens with zero attached hydrogens (tertiary/aromatic N) is 2. The van der Waals surface area contributed by atoms with Gasteiger partial charge in [0.05, 0.1) is 35.7 Å². The van der Waals surface area contributed by atoms with E-state index in [0.717, 1.165) is 25.2 Å². The summed E-state index contributed by atoms with van der Waals surface area (Å²) in [6.45, 7) is 2.00. The van der Waals surface area contributed by atoms with Gasteiger partial charge in [0.15, 0.2) is 0 Å². The van der Waals surface area contributed by atoms with Crippen LogP contribution in [0, 0.1) is 0 Å². The first-order chi connectivity index (χ1) is 9.90. The summed E-state index contributed by atoms with van der Waals surface area (Å²) in [4.78, 5) is 13.7. The van der Waals surface area contributed by atoms with Crippen molar-refractivity contribution in [1.29, 1.82) is 0 Å². The van der Waals surface area contributed by atoms with Crippen molar-refractivity contribution in [3.63, 3.8) is 0 Å². The average molecular weight is 262 g/mol. The average Bonchev–Trinajstić information content (AvgIpc) is 3.08. The molecule has 2 N–H and O–H groups in total. The second kappa shape index (κ2) is 3.54. The number of aromatic amines is 2. The fraction of sp³-hybridized carbons (Fsp3) is 0.188. The van der Waals surface area contributed by atoms with Gasteiger partial charge in [0.2, 0.25) is 0 Å². The van der Waals surface area contributed by atoms with Gasteiger partial charge in [-0.25, -0.2) is 4.98 Å². The zero-order valence-electron chi connectivity index (χ0n) is 11.0. The van der Waals surface area contributed by atoms with Crippen LogP contribution in [-0.4, -0.2) is 26.4 Å². The molecule has 1 aromatic carbocycles. The molecular formula is C16H14N4. The Kier molecular flexibility index (Phi) is 1.82. The Labute approximate surface area is 116 Å². The van der Waals surface area contributed by atoms with Crippen LogP contribution in [0.2, 0.25) is 0 Å². The number of aromatic nitrogens is 3. The first-order valence-electron chi connectivity index (χ1n) is 6.99. The maximum absolute atomic E-state index is 4.40. The lowest BCUT2D eigenvalue weighted by Gasteiger charge is -2.33. The van der Waals surface area contributed by atoms with Crippen molar-refractivity contribution in [1.82, 2.24) is 19.9 Å². The number of imidazole rings is 1. The number of hydrogen-bond acceptors (Lipinski definition) is 2. The normalized spacial score (nSPS) is 16.6. The van der Waals surface area contributed by atoms with Gasteiger partial charge in [0.1, 0.15) is 0 Å². The van der Waals surface area contributed by atoms with Gasteiger partial charge in [0, 0.05) is 17.4 Å². The van der Waals surface area contributed by atoms with Crippen LogP contribution in [-0.2, 0) is 13.0 Å². The Bertz CT molecular complexity index is 852. The van der Waals surface area contributed by atoms with E-state index in [2.05, 4.69) is 50.2 Å². The van der Waals surface area contributed by atoms with Crippen LogP contribution in [0.25, 0.3) is 22.7 Å². The van der Waals surface area contributed by atoms with E-state index in [-0.39, 0.29) is 0 Å². The number of hydrogen-bond donors (Lipinski definition) is 2. The van der Waals surface area contributed by atoms with Gasteiger partial charge in [-0.2, -0.15) is 0 Å². The van der Waals surface area contributed by atoms with Crippen LogP contribution in [0.1, 0.15) is 22.6 Å². The minimum atomic E-state index is 0.927. The first-order valence-corrected chi connectivity index (χ1v) is 6.99. The standard InChI is InChI=1S/C16H14N4/c1-2-4-12-10(3-1)11-5-6-20-8-14-13(17-9-18-14)7-15(20)16(11)19-12/h1-4,7,9,19H,5-6,8H2,(H,17,18). The number of H-pyrrole nitrogens is 2. The molecule has 20 heavy (non-hydrogen) atoms. The Morgan fingerprint density at radius 2 is 2.15 bits per heavy atom. The lowest BCUT2D eigenvalue weighted by atomic mass is 9.98. The molecule has 4 heterocycles. The third-order valence-corrected chi connectivity index (χ3v) is 4.42. The Hall–Kier alpha value is -2.49. The van der Waals surface area contributed by atoms with Crippen LogP contribution in [0.5, 0.6) is 0 Å². The molecule has 4 heteroatoms. The molecule has 0 saturated carbocycles. The molecule has 0 atom stereocenters. The summed E-state index contributed by atoms with van der Waals surface area (Å²) in [6.07, 6.45) is 5.08. The summed E-state index contributed by atoms with van der Waals surface area (Å²) in [7, 11) is 0. The topological polar surface area (TPSA) is 47.7 Å². The smallest absolute Gasteiger partial charge is 0.0929 e. The monoisotopic (exact) mass is 262 g/mol. The van der Waals surface area contributed by atoms with Crippen LogP contribution < -0.4 is 0 Å². The molecule has 0 spiro atoms. The molecule has 98 valence electrons. The Morgan fingerprint density at radius 3 is 3.15 bits per heavy atom. The molecule has 2 aliphatic heterocycles. The molecule has 2 aromatic heterocycles. The molecule has 0 fully saturated rings. The van der Waals surface area contributed by atoms with E-state index >= 15 is 0 Å². The molecular weight excluding hydrogens is 248 g/mol. The van der Waals surface area contributed by atoms with Crippen molar-refractivity contribution in [2.45, 2.75) is 13.0 Å². The van der Waals surface area contributed by atoms with Crippen molar-refractivity contribution in [3.8, 4) is 0 Å². The van der Waals surface area contributed by atoms with Crippen LogP contribution >= 0.6 is 0 Å². The molecule has 4 nitrogen and oxygen atoms in total. The predicted molar refractivity (Wildman–Crippen MR) is 78.9 cm³/mol. The van der Waals surface area contributed by atoms with E-state index < -0.39 is 0 Å². The highest BCUT2D eigenvalue weighted by atomic mass is 15.2. The van der Waals surface area contributed by atoms with Gasteiger partial charge in [-0.1, -0.05) is 18.2 Å². The fourth-order valence-electron chi connectivity index (χ4n) is 3.43. The number of para-hydroxylation sites is 1. The molecule has 0 saturated heterocycles. The minimum absolute atomic E-state index is 0.927. The van der Waals surface area contributed by atoms with E-state index in [1.54, 1.807) is 6.33 Å². The van der Waals surface area contributed by atoms with Crippen LogP contribution in [0.3, 0.4) is 0 Å². The first kappa shape index (κ1) is 10.3. The highest BCUT2D eigenvalue weighted by molar-refractivity contribution is 5.93. The summed E-state index contributed by atoms with van der Waals surface area (Å²) in [5.41, 5.74) is 7.51. The summed E-state index contributed by atoms with van der Waals surface area (Å²) in [5, 5.41) is 1.36. The maximum Gasteiger partial charge on any atom is 0.0929 e. The molecule has 3 aromatic rings. The summed E-state index contributed by atoms with van der Waals surface area (Å²) in [6, 6.07) is 8.57. The number of rotatable bonds is 0. The lowest BCUT2D eigenvalue weighted by molar-refractivity contribution is 0.376. The third-order valence-electron chi connectivity index (χ3n) is 4.42. The highest BCUT2D eigenvalue weighted by Gasteiger charge is 2.28. The van der Waals surface area contributed by atoms with Crippen molar-refractivity contribution in [3.05, 3.63) is 53.2 Å². The molecule has 2 aliphatic rings. The largest absolute Gasteiger partial charge is 0.364 e. The highest BCUT2D eigenvalue weighted by Crippen LogP contribution is 2.37. The van der Waals surface area contributed by atoms with Crippen molar-refractivity contribution in [2.75, 3.05) is 6.54 Å². The van der Waals surface area contributed by atoms with Crippen LogP contribution in [0.15, 0.2) is 30.6 Å². The minimum Gasteiger partial charge on any atom is -0.364 e. The van der Waals surface area contributed by atoms with Gasteiger partial charge in [-0.15, -0.1) is 0 Å². The molecule has 5 rings (SSSR count). The summed E-state index contributed by atoms with van der Waals surface area (Å²) in [5.74, 6) is 0. The second-order valence-corrected chi connectivity index (χ2v) is 5.49. The predicted octanol–water partition coefficient (Wildman–Crippen LogP) is 2.76. The fourth-order valence-corrected chi connectivity index (χ4v) is 3.43. The van der Waals surface area contributed by atoms with Crippen molar-refractivity contribution < 1.29 is 0 Å². The summed E-state index contributed by atoms with van der Waals surface area (Å²) < 4.78 is 0. The number of fused-ring (bicyclic) bond motifs is 6. The molecule has 0 unspecified atom stereocenters. The van der Waals surface area contributed by atoms with Gasteiger partial charge in [0.25, 0.3) is 0 Å². The zero-order valence-corrected chi connectivity index (χ0v) is 11.0. The molecule has 0 aliphatic carbocycles. The third kappa shape index (κ3) is 1.23. The molecule has 0 amide bonds. The van der Waals surface area contributed by atoms with E-state index in [4.69, 9.17) is 0 Å². The zero-order chi connectivity index (χ0) is 13.1. The van der Waals surface area contributed by atoms with Crippen LogP contribution in [0.4, 0.5) is 0 Å². The van der Waals surface area contributed by atoms with Gasteiger partial charge in [-0.05, 0) is 24.1 Å². The maximum atomic E-state index is 4.40. The SMILES string of the molecule is C1=C2c3[nH]c4ccccc4c3CCN2Cc2[nH]cnc21. The van der Waals surface area contributed by atoms with Gasteiger partial charge < -0.3 is 14.9 Å². The number of nitrogens with one attached hydrogen (secondary N) is 2. The second-order valence-electron chi connectivity index (χ2n) is 5.49. The van der Waals surface area contributed by atoms with Crippen molar-refractivity contribution >= 4 is 22.7 Å². The van der Waals surface area contributed by atoms with E-state index in [0.29, 0.717) is 0 Å². The number of benzene rings is 1. The summed E-state index contributed by atoms with van der Waals surface area (Å²) >= 11 is 0. The van der Waals surface area contributed by atoms with E-state index in [9.17, 15) is 0 Å². The van der Waals surface area contributed by atoms with Gasteiger partial charge in [-0.3, -0.25) is 0 Å². The lowest BCUT2D eigenvalue weighted by Crippen LogP contribution is -2.31. The van der Waals surface area contributed by atoms with E-state index in [1.165, 1.54) is 33.6 Å². The Balaban J connectivity index is 1.79. The Morgan fingerprint density at radius 1 is 1.20 bits per heavy atom.